The summed E-state index contributed by atoms with van der Waals surface area (Å²) in [4.78, 5) is 15.1. The predicted molar refractivity (Wildman–Crippen MR) is 133 cm³/mol. The van der Waals surface area contributed by atoms with Crippen molar-refractivity contribution in [1.82, 2.24) is 19.9 Å². The van der Waals surface area contributed by atoms with E-state index in [-0.39, 0.29) is 0 Å². The smallest absolute Gasteiger partial charge is 0.227 e. The Balaban J connectivity index is 1.33. The first-order valence-electron chi connectivity index (χ1n) is 11.7. The molecule has 0 unspecified atom stereocenters. The number of hydrogen-bond acceptors (Lipinski definition) is 6. The minimum atomic E-state index is 0.553. The van der Waals surface area contributed by atoms with Crippen molar-refractivity contribution in [2.75, 3.05) is 38.7 Å². The molecular formula is C26H31N5O2. The van der Waals surface area contributed by atoms with Gasteiger partial charge < -0.3 is 24.7 Å². The zero-order valence-corrected chi connectivity index (χ0v) is 19.6. The molecule has 5 rings (SSSR count). The lowest BCUT2D eigenvalue weighted by Crippen LogP contribution is -2.21. The number of rotatable bonds is 8. The number of nitrogens with zero attached hydrogens (tertiary/aromatic N) is 3. The van der Waals surface area contributed by atoms with Gasteiger partial charge in [0, 0.05) is 46.5 Å². The molecule has 1 aliphatic rings. The van der Waals surface area contributed by atoms with E-state index < -0.39 is 0 Å². The number of hydrogen-bond donors (Lipinski definition) is 2. The fraction of sp³-hybridized carbons (Fsp3) is 0.385. The van der Waals surface area contributed by atoms with Gasteiger partial charge in [0.25, 0.3) is 0 Å². The molecule has 2 aromatic heterocycles. The first-order valence-corrected chi connectivity index (χ1v) is 11.7. The van der Waals surface area contributed by atoms with Crippen molar-refractivity contribution >= 4 is 33.4 Å². The number of H-pyrrole nitrogens is 1. The number of aryl methyl sites for hydroxylation is 2. The molecule has 1 fully saturated rings. The lowest BCUT2D eigenvalue weighted by molar-refractivity contribution is 0.254. The van der Waals surface area contributed by atoms with Crippen LogP contribution in [0.5, 0.6) is 11.5 Å². The molecular weight excluding hydrogens is 414 g/mol. The SMILES string of the molecule is COc1cc2cnc(Nc3ccc4[nH]c(C)c(C)c4c3)nc2cc1OCCCN1CCCC1. The average molecular weight is 446 g/mol. The van der Waals surface area contributed by atoms with Crippen molar-refractivity contribution in [3.8, 4) is 11.5 Å². The number of anilines is 2. The van der Waals surface area contributed by atoms with Crippen LogP contribution in [0.2, 0.25) is 0 Å². The minimum Gasteiger partial charge on any atom is -0.493 e. The van der Waals surface area contributed by atoms with Crippen molar-refractivity contribution in [3.05, 3.63) is 47.8 Å². The zero-order chi connectivity index (χ0) is 22.8. The van der Waals surface area contributed by atoms with Gasteiger partial charge >= 0.3 is 0 Å². The summed E-state index contributed by atoms with van der Waals surface area (Å²) in [6.07, 6.45) is 5.44. The molecule has 4 aromatic rings. The summed E-state index contributed by atoms with van der Waals surface area (Å²) >= 11 is 0. The number of benzene rings is 2. The molecule has 1 aliphatic heterocycles. The molecule has 3 heterocycles. The van der Waals surface area contributed by atoms with E-state index in [9.17, 15) is 0 Å². The number of aromatic amines is 1. The van der Waals surface area contributed by atoms with E-state index in [4.69, 9.17) is 14.5 Å². The number of ether oxygens (including phenoxy) is 2. The maximum atomic E-state index is 6.08. The highest BCUT2D eigenvalue weighted by Crippen LogP contribution is 2.32. The fourth-order valence-corrected chi connectivity index (χ4v) is 4.52. The van der Waals surface area contributed by atoms with Crippen LogP contribution in [0, 0.1) is 13.8 Å². The molecule has 172 valence electrons. The second-order valence-corrected chi connectivity index (χ2v) is 8.77. The van der Waals surface area contributed by atoms with Crippen LogP contribution in [0.1, 0.15) is 30.5 Å². The van der Waals surface area contributed by atoms with Crippen molar-refractivity contribution in [3.63, 3.8) is 0 Å². The molecule has 33 heavy (non-hydrogen) atoms. The lowest BCUT2D eigenvalue weighted by atomic mass is 10.1. The normalized spacial score (nSPS) is 14.3. The predicted octanol–water partition coefficient (Wildman–Crippen LogP) is 5.34. The second kappa shape index (κ2) is 9.27. The van der Waals surface area contributed by atoms with E-state index in [1.165, 1.54) is 42.6 Å². The molecule has 0 bridgehead atoms. The summed E-state index contributed by atoms with van der Waals surface area (Å²) in [5, 5.41) is 5.46. The molecule has 1 saturated heterocycles. The summed E-state index contributed by atoms with van der Waals surface area (Å²) in [5.74, 6) is 1.98. The number of likely N-dealkylation sites (tertiary alicyclic amines) is 1. The number of aromatic nitrogens is 3. The van der Waals surface area contributed by atoms with Gasteiger partial charge in [-0.05, 0) is 76.0 Å². The highest BCUT2D eigenvalue weighted by atomic mass is 16.5. The second-order valence-electron chi connectivity index (χ2n) is 8.77. The minimum absolute atomic E-state index is 0.553. The van der Waals surface area contributed by atoms with Gasteiger partial charge in [0.1, 0.15) is 0 Å². The maximum absolute atomic E-state index is 6.08. The maximum Gasteiger partial charge on any atom is 0.227 e. The summed E-state index contributed by atoms with van der Waals surface area (Å²) in [5.41, 5.74) is 5.35. The topological polar surface area (TPSA) is 75.3 Å². The largest absolute Gasteiger partial charge is 0.493 e. The molecule has 0 spiro atoms. The van der Waals surface area contributed by atoms with Crippen molar-refractivity contribution in [1.29, 1.82) is 0 Å². The first-order chi connectivity index (χ1) is 16.1. The average Bonchev–Trinajstić information content (AvgIpc) is 3.44. The number of fused-ring (bicyclic) bond motifs is 2. The molecule has 7 nitrogen and oxygen atoms in total. The Morgan fingerprint density at radius 1 is 1.09 bits per heavy atom. The van der Waals surface area contributed by atoms with Gasteiger partial charge in [-0.15, -0.1) is 0 Å². The van der Waals surface area contributed by atoms with Crippen molar-refractivity contribution in [2.24, 2.45) is 0 Å². The van der Waals surface area contributed by atoms with E-state index in [0.29, 0.717) is 18.3 Å². The molecule has 7 heteroatoms. The Bertz CT molecular complexity index is 1280. The van der Waals surface area contributed by atoms with Gasteiger partial charge in [0.05, 0.1) is 19.2 Å². The van der Waals surface area contributed by atoms with Crippen LogP contribution in [0.15, 0.2) is 36.5 Å². The quantitative estimate of drug-likeness (QED) is 0.356. The summed E-state index contributed by atoms with van der Waals surface area (Å²) < 4.78 is 11.6. The van der Waals surface area contributed by atoms with Crippen molar-refractivity contribution < 1.29 is 9.47 Å². The Hall–Kier alpha value is -3.32. The van der Waals surface area contributed by atoms with E-state index in [2.05, 4.69) is 46.2 Å². The van der Waals surface area contributed by atoms with Gasteiger partial charge in [0.15, 0.2) is 11.5 Å². The first kappa shape index (κ1) is 21.5. The summed E-state index contributed by atoms with van der Waals surface area (Å²) in [6, 6.07) is 10.1. The van der Waals surface area contributed by atoms with Gasteiger partial charge in [-0.25, -0.2) is 9.97 Å². The van der Waals surface area contributed by atoms with Crippen LogP contribution < -0.4 is 14.8 Å². The van der Waals surface area contributed by atoms with Crippen molar-refractivity contribution in [2.45, 2.75) is 33.1 Å². The Labute approximate surface area is 194 Å². The summed E-state index contributed by atoms with van der Waals surface area (Å²) in [6.45, 7) is 8.38. The highest BCUT2D eigenvalue weighted by Gasteiger charge is 2.13. The highest BCUT2D eigenvalue weighted by molar-refractivity contribution is 5.88. The Morgan fingerprint density at radius 3 is 2.76 bits per heavy atom. The van der Waals surface area contributed by atoms with Gasteiger partial charge in [-0.2, -0.15) is 0 Å². The van der Waals surface area contributed by atoms with Crippen LogP contribution in [0.3, 0.4) is 0 Å². The van der Waals surface area contributed by atoms with E-state index in [1.807, 2.05) is 24.4 Å². The third-order valence-electron chi connectivity index (χ3n) is 6.50. The third kappa shape index (κ3) is 4.59. The molecule has 0 aliphatic carbocycles. The van der Waals surface area contributed by atoms with Crippen LogP contribution in [-0.2, 0) is 0 Å². The van der Waals surface area contributed by atoms with E-state index >= 15 is 0 Å². The molecule has 2 N–H and O–H groups in total. The molecule has 0 amide bonds. The number of methoxy groups -OCH3 is 1. The Morgan fingerprint density at radius 2 is 1.94 bits per heavy atom. The van der Waals surface area contributed by atoms with E-state index in [0.717, 1.165) is 40.8 Å². The van der Waals surface area contributed by atoms with E-state index in [1.54, 1.807) is 7.11 Å². The van der Waals surface area contributed by atoms with Crippen LogP contribution in [0.25, 0.3) is 21.8 Å². The Kier molecular flexibility index (Phi) is 6.05. The third-order valence-corrected chi connectivity index (χ3v) is 6.50. The summed E-state index contributed by atoms with van der Waals surface area (Å²) in [7, 11) is 1.66. The van der Waals surface area contributed by atoms with Crippen LogP contribution >= 0.6 is 0 Å². The number of nitrogens with one attached hydrogen (secondary N) is 2. The molecule has 2 aromatic carbocycles. The molecule has 0 saturated carbocycles. The van der Waals surface area contributed by atoms with Gasteiger partial charge in [0.2, 0.25) is 5.95 Å². The molecule has 0 atom stereocenters. The monoisotopic (exact) mass is 445 g/mol. The lowest BCUT2D eigenvalue weighted by Gasteiger charge is -2.16. The van der Waals surface area contributed by atoms with Gasteiger partial charge in [-0.3, -0.25) is 0 Å². The fourth-order valence-electron chi connectivity index (χ4n) is 4.52. The van der Waals surface area contributed by atoms with Gasteiger partial charge in [-0.1, -0.05) is 0 Å². The standard InChI is InChI=1S/C26H31N5O2/c1-17-18(2)28-22-8-7-20(14-21(17)22)29-26-27-16-19-13-24(32-3)25(15-23(19)30-26)33-12-6-11-31-9-4-5-10-31/h7-8,13-16,28H,4-6,9-12H2,1-3H3,(H,27,29,30). The van der Waals surface area contributed by atoms with Crippen LogP contribution in [0.4, 0.5) is 11.6 Å². The zero-order valence-electron chi connectivity index (χ0n) is 19.6. The molecule has 0 radical (unpaired) electrons. The van der Waals surface area contributed by atoms with Crippen LogP contribution in [-0.4, -0.2) is 53.2 Å².